The lowest BCUT2D eigenvalue weighted by atomic mass is 10.2. The van der Waals surface area contributed by atoms with Gasteiger partial charge in [-0.2, -0.15) is 9.97 Å². The summed E-state index contributed by atoms with van der Waals surface area (Å²) in [6.07, 6.45) is 2.84. The third-order valence-electron chi connectivity index (χ3n) is 3.30. The highest BCUT2D eigenvalue weighted by Crippen LogP contribution is 2.35. The fraction of sp³-hybridized carbons (Fsp3) is 0.286. The molecule has 3 heterocycles. The number of H-pyrrole nitrogens is 1. The Morgan fingerprint density at radius 2 is 2.12 bits per heavy atom. The lowest BCUT2D eigenvalue weighted by molar-refractivity contribution is -0.117. The second-order valence-corrected chi connectivity index (χ2v) is 7.62. The summed E-state index contributed by atoms with van der Waals surface area (Å²) in [6, 6.07) is 0. The van der Waals surface area contributed by atoms with E-state index in [0.717, 1.165) is 0 Å². The van der Waals surface area contributed by atoms with E-state index in [-0.39, 0.29) is 28.7 Å². The minimum Gasteiger partial charge on any atom is -0.480 e. The van der Waals surface area contributed by atoms with Crippen LogP contribution >= 0.6 is 23.4 Å². The molecule has 0 aliphatic rings. The topological polar surface area (TPSA) is 145 Å². The van der Waals surface area contributed by atoms with E-state index >= 15 is 0 Å². The van der Waals surface area contributed by atoms with Crippen LogP contribution in [0.4, 0.5) is 11.9 Å². The molecule has 0 aliphatic carbocycles. The molecule has 3 aromatic heterocycles. The van der Waals surface area contributed by atoms with Crippen molar-refractivity contribution in [3.63, 3.8) is 0 Å². The number of carbonyl (C=O) groups is 1. The quantitative estimate of drug-likeness (QED) is 0.436. The number of imidazole rings is 1. The van der Waals surface area contributed by atoms with Gasteiger partial charge in [0.1, 0.15) is 15.6 Å². The van der Waals surface area contributed by atoms with Gasteiger partial charge in [0.2, 0.25) is 23.7 Å². The van der Waals surface area contributed by atoms with Crippen LogP contribution in [-0.4, -0.2) is 47.7 Å². The number of nitrogens with one attached hydrogen (secondary N) is 2. The first-order chi connectivity index (χ1) is 12.3. The van der Waals surface area contributed by atoms with E-state index in [4.69, 9.17) is 22.1 Å². The molecule has 0 spiro atoms. The second-order valence-electron chi connectivity index (χ2n) is 5.61. The Bertz CT molecular complexity index is 977. The molecule has 1 amide bonds. The van der Waals surface area contributed by atoms with E-state index < -0.39 is 4.75 Å². The molecule has 0 unspecified atom stereocenters. The van der Waals surface area contributed by atoms with E-state index in [1.54, 1.807) is 13.8 Å². The maximum absolute atomic E-state index is 12.7. The monoisotopic (exact) mass is 394 g/mol. The summed E-state index contributed by atoms with van der Waals surface area (Å²) in [7, 11) is 1.43. The van der Waals surface area contributed by atoms with Gasteiger partial charge in [-0.05, 0) is 13.8 Å². The molecule has 3 aromatic rings. The number of ether oxygens (including phenoxy) is 1. The zero-order valence-corrected chi connectivity index (χ0v) is 15.6. The van der Waals surface area contributed by atoms with Crippen molar-refractivity contribution in [2.75, 3.05) is 18.2 Å². The predicted molar refractivity (Wildman–Crippen MR) is 98.3 cm³/mol. The van der Waals surface area contributed by atoms with Gasteiger partial charge in [-0.25, -0.2) is 15.0 Å². The van der Waals surface area contributed by atoms with Crippen molar-refractivity contribution in [1.82, 2.24) is 29.9 Å². The number of methoxy groups -OCH3 is 1. The van der Waals surface area contributed by atoms with Gasteiger partial charge in [-0.1, -0.05) is 23.4 Å². The number of carbonyl (C=O) groups excluding carboxylic acids is 1. The number of fused-ring (bicyclic) bond motifs is 1. The molecule has 0 bridgehead atoms. The number of aromatic amines is 1. The van der Waals surface area contributed by atoms with E-state index in [0.29, 0.717) is 16.2 Å². The second kappa shape index (κ2) is 6.92. The van der Waals surface area contributed by atoms with Crippen molar-refractivity contribution in [2.24, 2.45) is 0 Å². The van der Waals surface area contributed by atoms with Crippen molar-refractivity contribution in [3.8, 4) is 5.88 Å². The number of hydrogen-bond acceptors (Lipinski definition) is 9. The molecule has 12 heteroatoms. The number of anilines is 2. The first kappa shape index (κ1) is 18.1. The van der Waals surface area contributed by atoms with E-state index in [9.17, 15) is 4.79 Å². The molecule has 0 saturated heterocycles. The molecule has 136 valence electrons. The number of nitrogen functional groups attached to an aromatic ring is 1. The minimum absolute atomic E-state index is 0.0779. The Morgan fingerprint density at radius 1 is 1.35 bits per heavy atom. The Kier molecular flexibility index (Phi) is 4.83. The SMILES string of the molecule is COc1nc(NC(=O)C(C)(C)Sc2nc(N)nc3nc[nH]c23)ncc1Cl. The maximum Gasteiger partial charge on any atom is 0.242 e. The summed E-state index contributed by atoms with van der Waals surface area (Å²) >= 11 is 7.09. The summed E-state index contributed by atoms with van der Waals surface area (Å²) < 4.78 is 4.10. The van der Waals surface area contributed by atoms with E-state index in [1.807, 2.05) is 0 Å². The molecule has 0 aromatic carbocycles. The van der Waals surface area contributed by atoms with Gasteiger partial charge in [-0.15, -0.1) is 0 Å². The number of nitrogens with two attached hydrogens (primary N) is 1. The van der Waals surface area contributed by atoms with Crippen molar-refractivity contribution >= 4 is 52.3 Å². The molecule has 3 rings (SSSR count). The standard InChI is InChI=1S/C14H15ClN8O2S/c1-14(2,11(24)23-13-17-4-6(15)9(21-13)25-3)26-10-7-8(19-5-18-7)20-12(16)22-10/h4-5H,1-3H3,(H,17,21,23,24)(H3,16,18,19,20,22). The predicted octanol–water partition coefficient (Wildman–Crippen LogP) is 1.90. The first-order valence-corrected chi connectivity index (χ1v) is 8.53. The molecule has 4 N–H and O–H groups in total. The third-order valence-corrected chi connectivity index (χ3v) is 4.74. The third kappa shape index (κ3) is 3.63. The van der Waals surface area contributed by atoms with Gasteiger partial charge in [-0.3, -0.25) is 10.1 Å². The summed E-state index contributed by atoms with van der Waals surface area (Å²) in [5.74, 6) is -0.00483. The highest BCUT2D eigenvalue weighted by atomic mass is 35.5. The summed E-state index contributed by atoms with van der Waals surface area (Å²) in [6.45, 7) is 3.47. The molecular formula is C14H15ClN8O2S. The summed E-state index contributed by atoms with van der Waals surface area (Å²) in [5, 5.41) is 3.40. The summed E-state index contributed by atoms with van der Waals surface area (Å²) in [4.78, 5) is 36.0. The maximum atomic E-state index is 12.7. The number of amides is 1. The molecule has 0 saturated carbocycles. The zero-order chi connectivity index (χ0) is 18.9. The fourth-order valence-electron chi connectivity index (χ4n) is 1.99. The molecular weight excluding hydrogens is 380 g/mol. The smallest absolute Gasteiger partial charge is 0.242 e. The van der Waals surface area contributed by atoms with Gasteiger partial charge in [0.05, 0.1) is 24.4 Å². The number of aromatic nitrogens is 6. The molecule has 0 atom stereocenters. The van der Waals surface area contributed by atoms with Gasteiger partial charge < -0.3 is 15.5 Å². The fourth-order valence-corrected chi connectivity index (χ4v) is 3.18. The van der Waals surface area contributed by atoms with Crippen LogP contribution in [0.5, 0.6) is 5.88 Å². The molecule has 0 fully saturated rings. The van der Waals surface area contributed by atoms with Gasteiger partial charge in [0.15, 0.2) is 5.65 Å². The van der Waals surface area contributed by atoms with Crippen LogP contribution in [0.1, 0.15) is 13.8 Å². The normalized spacial score (nSPS) is 11.5. The van der Waals surface area contributed by atoms with Crippen molar-refractivity contribution in [3.05, 3.63) is 17.5 Å². The largest absolute Gasteiger partial charge is 0.480 e. The Hall–Kier alpha value is -2.66. The van der Waals surface area contributed by atoms with Crippen LogP contribution in [0.25, 0.3) is 11.2 Å². The average molecular weight is 395 g/mol. The lowest BCUT2D eigenvalue weighted by Gasteiger charge is -2.22. The zero-order valence-electron chi connectivity index (χ0n) is 14.1. The Balaban J connectivity index is 1.83. The molecule has 10 nitrogen and oxygen atoms in total. The van der Waals surface area contributed by atoms with Crippen LogP contribution in [0.15, 0.2) is 17.6 Å². The number of halogens is 1. The Labute approximate surface area is 157 Å². The molecule has 0 aliphatic heterocycles. The highest BCUT2D eigenvalue weighted by molar-refractivity contribution is 8.01. The first-order valence-electron chi connectivity index (χ1n) is 7.34. The Morgan fingerprint density at radius 3 is 2.85 bits per heavy atom. The van der Waals surface area contributed by atoms with E-state index in [1.165, 1.54) is 31.4 Å². The highest BCUT2D eigenvalue weighted by Gasteiger charge is 2.32. The van der Waals surface area contributed by atoms with Crippen LogP contribution in [0.3, 0.4) is 0 Å². The van der Waals surface area contributed by atoms with Crippen LogP contribution in [0.2, 0.25) is 5.02 Å². The number of hydrogen-bond donors (Lipinski definition) is 3. The number of rotatable bonds is 5. The average Bonchev–Trinajstić information content (AvgIpc) is 3.04. The molecule has 26 heavy (non-hydrogen) atoms. The van der Waals surface area contributed by atoms with Crippen LogP contribution < -0.4 is 15.8 Å². The molecule has 0 radical (unpaired) electrons. The van der Waals surface area contributed by atoms with Gasteiger partial charge in [0.25, 0.3) is 0 Å². The van der Waals surface area contributed by atoms with Crippen molar-refractivity contribution in [2.45, 2.75) is 23.6 Å². The van der Waals surface area contributed by atoms with Crippen molar-refractivity contribution in [1.29, 1.82) is 0 Å². The number of nitrogens with zero attached hydrogens (tertiary/aromatic N) is 5. The minimum atomic E-state index is -0.922. The van der Waals surface area contributed by atoms with Crippen molar-refractivity contribution < 1.29 is 9.53 Å². The number of thioether (sulfide) groups is 1. The van der Waals surface area contributed by atoms with Crippen LogP contribution in [-0.2, 0) is 4.79 Å². The van der Waals surface area contributed by atoms with Crippen LogP contribution in [0, 0.1) is 0 Å². The lowest BCUT2D eigenvalue weighted by Crippen LogP contribution is -2.34. The van der Waals surface area contributed by atoms with Gasteiger partial charge in [0, 0.05) is 0 Å². The summed E-state index contributed by atoms with van der Waals surface area (Å²) in [5.41, 5.74) is 6.75. The van der Waals surface area contributed by atoms with E-state index in [2.05, 4.69) is 35.2 Å². The van der Waals surface area contributed by atoms with Gasteiger partial charge >= 0.3 is 0 Å².